The third kappa shape index (κ3) is 5.07. The Labute approximate surface area is 190 Å². The first-order chi connectivity index (χ1) is 15.0. The molecule has 1 atom stereocenters. The minimum Gasteiger partial charge on any atom is -0.468 e. The molecule has 3 aromatic rings. The molecule has 0 saturated carbocycles. The highest BCUT2D eigenvalue weighted by Crippen LogP contribution is 2.29. The van der Waals surface area contributed by atoms with Gasteiger partial charge >= 0.3 is 5.97 Å². The summed E-state index contributed by atoms with van der Waals surface area (Å²) in [7, 11) is 1.40. The van der Waals surface area contributed by atoms with Gasteiger partial charge in [0.1, 0.15) is 6.04 Å². The van der Waals surface area contributed by atoms with Gasteiger partial charge in [-0.15, -0.1) is 10.2 Å². The predicted octanol–water partition coefficient (Wildman–Crippen LogP) is 4.08. The van der Waals surface area contributed by atoms with Crippen LogP contribution in [0.1, 0.15) is 17.5 Å². The number of nitrogens with zero attached hydrogens (tertiary/aromatic N) is 4. The monoisotopic (exact) mass is 460 g/mol. The molecular formula is C22H22Cl2N4O3. The molecule has 1 saturated heterocycles. The number of aromatic nitrogens is 2. The molecule has 1 aliphatic heterocycles. The highest BCUT2D eigenvalue weighted by molar-refractivity contribution is 6.31. The molecule has 0 radical (unpaired) electrons. The second-order valence-corrected chi connectivity index (χ2v) is 8.11. The molecule has 0 aliphatic carbocycles. The van der Waals surface area contributed by atoms with E-state index in [1.807, 2.05) is 30.3 Å². The molecule has 31 heavy (non-hydrogen) atoms. The third-order valence-corrected chi connectivity index (χ3v) is 5.91. The Balaban J connectivity index is 1.39. The molecule has 0 amide bonds. The Kier molecular flexibility index (Phi) is 6.87. The van der Waals surface area contributed by atoms with Crippen LogP contribution in [0.2, 0.25) is 10.0 Å². The van der Waals surface area contributed by atoms with Crippen molar-refractivity contribution in [2.75, 3.05) is 33.3 Å². The number of carbonyl (C=O) groups is 1. The molecule has 2 aromatic carbocycles. The van der Waals surface area contributed by atoms with Crippen molar-refractivity contribution in [3.05, 3.63) is 70.0 Å². The molecule has 1 aromatic heterocycles. The molecule has 162 valence electrons. The number of methoxy groups -OCH3 is 1. The summed E-state index contributed by atoms with van der Waals surface area (Å²) in [6, 6.07) is 14.1. The maximum absolute atomic E-state index is 12.5. The van der Waals surface area contributed by atoms with E-state index >= 15 is 0 Å². The first-order valence-corrected chi connectivity index (χ1v) is 10.7. The van der Waals surface area contributed by atoms with Gasteiger partial charge < -0.3 is 9.15 Å². The molecule has 2 heterocycles. The quantitative estimate of drug-likeness (QED) is 0.513. The summed E-state index contributed by atoms with van der Waals surface area (Å²) in [6.07, 6.45) is 0. The first kappa shape index (κ1) is 21.8. The number of carbonyl (C=O) groups excluding carboxylic acids is 1. The van der Waals surface area contributed by atoms with Gasteiger partial charge in [-0.05, 0) is 35.9 Å². The highest BCUT2D eigenvalue weighted by Gasteiger charge is 2.32. The van der Waals surface area contributed by atoms with Crippen molar-refractivity contribution in [2.24, 2.45) is 0 Å². The fourth-order valence-corrected chi connectivity index (χ4v) is 4.04. The molecule has 1 aliphatic rings. The normalized spacial score (nSPS) is 16.2. The van der Waals surface area contributed by atoms with Crippen LogP contribution in [0.15, 0.2) is 52.9 Å². The van der Waals surface area contributed by atoms with Crippen molar-refractivity contribution < 1.29 is 13.9 Å². The van der Waals surface area contributed by atoms with Crippen molar-refractivity contribution in [1.82, 2.24) is 20.0 Å². The van der Waals surface area contributed by atoms with Gasteiger partial charge in [0.25, 0.3) is 0 Å². The third-order valence-electron chi connectivity index (χ3n) is 5.31. The van der Waals surface area contributed by atoms with Gasteiger partial charge in [-0.2, -0.15) is 0 Å². The number of rotatable bonds is 6. The molecule has 4 rings (SSSR count). The lowest BCUT2D eigenvalue weighted by molar-refractivity contribution is -0.148. The zero-order chi connectivity index (χ0) is 21.8. The molecule has 1 fully saturated rings. The predicted molar refractivity (Wildman–Crippen MR) is 118 cm³/mol. The Morgan fingerprint density at radius 2 is 1.77 bits per heavy atom. The molecule has 0 spiro atoms. The summed E-state index contributed by atoms with van der Waals surface area (Å²) in [5, 5.41) is 9.52. The van der Waals surface area contributed by atoms with E-state index in [0.717, 1.165) is 24.2 Å². The van der Waals surface area contributed by atoms with Gasteiger partial charge in [-0.25, -0.2) is 4.79 Å². The van der Waals surface area contributed by atoms with Crippen molar-refractivity contribution >= 4 is 29.2 Å². The maximum atomic E-state index is 12.5. The smallest absolute Gasteiger partial charge is 0.327 e. The SMILES string of the molecule is COC(=O)C(c1ccccc1Cl)N1CCN(Cc2nnc(-c3ccc(Cl)cc3)o2)CC1. The number of halogens is 2. The van der Waals surface area contributed by atoms with Crippen LogP contribution < -0.4 is 0 Å². The van der Waals surface area contributed by atoms with E-state index in [2.05, 4.69) is 20.0 Å². The van der Waals surface area contributed by atoms with E-state index in [9.17, 15) is 4.79 Å². The van der Waals surface area contributed by atoms with Gasteiger partial charge in [-0.3, -0.25) is 9.80 Å². The zero-order valence-corrected chi connectivity index (χ0v) is 18.5. The van der Waals surface area contributed by atoms with Crippen molar-refractivity contribution in [1.29, 1.82) is 0 Å². The van der Waals surface area contributed by atoms with Crippen LogP contribution in [-0.4, -0.2) is 59.3 Å². The molecule has 0 bridgehead atoms. The van der Waals surface area contributed by atoms with E-state index in [1.165, 1.54) is 7.11 Å². The van der Waals surface area contributed by atoms with Gasteiger partial charge in [0.05, 0.1) is 13.7 Å². The first-order valence-electron chi connectivity index (χ1n) is 9.92. The molecular weight excluding hydrogens is 439 g/mol. The van der Waals surface area contributed by atoms with E-state index < -0.39 is 6.04 Å². The van der Waals surface area contributed by atoms with Gasteiger partial charge in [0.15, 0.2) is 0 Å². The average molecular weight is 461 g/mol. The average Bonchev–Trinajstić information content (AvgIpc) is 3.25. The second kappa shape index (κ2) is 9.78. The zero-order valence-electron chi connectivity index (χ0n) is 17.0. The molecule has 9 heteroatoms. The molecule has 0 N–H and O–H groups in total. The summed E-state index contributed by atoms with van der Waals surface area (Å²) >= 11 is 12.3. The topological polar surface area (TPSA) is 71.7 Å². The summed E-state index contributed by atoms with van der Waals surface area (Å²) in [6.45, 7) is 3.41. The van der Waals surface area contributed by atoms with Crippen LogP contribution in [0.25, 0.3) is 11.5 Å². The fraction of sp³-hybridized carbons (Fsp3) is 0.318. The largest absolute Gasteiger partial charge is 0.468 e. The summed E-state index contributed by atoms with van der Waals surface area (Å²) < 4.78 is 10.9. The summed E-state index contributed by atoms with van der Waals surface area (Å²) in [4.78, 5) is 16.8. The number of hydrogen-bond donors (Lipinski definition) is 0. The molecule has 1 unspecified atom stereocenters. The van der Waals surface area contributed by atoms with Crippen LogP contribution in [-0.2, 0) is 16.1 Å². The number of benzene rings is 2. The van der Waals surface area contributed by atoms with Crippen LogP contribution in [0, 0.1) is 0 Å². The highest BCUT2D eigenvalue weighted by atomic mass is 35.5. The Morgan fingerprint density at radius 3 is 2.45 bits per heavy atom. The summed E-state index contributed by atoms with van der Waals surface area (Å²) in [5.74, 6) is 0.704. The lowest BCUT2D eigenvalue weighted by atomic mass is 10.0. The maximum Gasteiger partial charge on any atom is 0.327 e. The van der Waals surface area contributed by atoms with Crippen molar-refractivity contribution in [3.8, 4) is 11.5 Å². The standard InChI is InChI=1S/C22H22Cl2N4O3/c1-30-22(29)20(17-4-2-3-5-18(17)24)28-12-10-27(11-13-28)14-19-25-26-21(31-19)15-6-8-16(23)9-7-15/h2-9,20H,10-14H2,1H3. The van der Waals surface area contributed by atoms with Crippen LogP contribution in [0.5, 0.6) is 0 Å². The van der Waals surface area contributed by atoms with Gasteiger partial charge in [-0.1, -0.05) is 41.4 Å². The Morgan fingerprint density at radius 1 is 1.06 bits per heavy atom. The van der Waals surface area contributed by atoms with Crippen LogP contribution in [0.4, 0.5) is 0 Å². The Hall–Kier alpha value is -2.45. The van der Waals surface area contributed by atoms with Gasteiger partial charge in [0, 0.05) is 41.8 Å². The lowest BCUT2D eigenvalue weighted by Crippen LogP contribution is -2.49. The second-order valence-electron chi connectivity index (χ2n) is 7.27. The number of ether oxygens (including phenoxy) is 1. The van der Waals surface area contributed by atoms with Crippen molar-refractivity contribution in [2.45, 2.75) is 12.6 Å². The van der Waals surface area contributed by atoms with E-state index in [0.29, 0.717) is 41.5 Å². The Bertz CT molecular complexity index is 1030. The minimum atomic E-state index is -0.527. The number of piperazine rings is 1. The number of hydrogen-bond acceptors (Lipinski definition) is 7. The van der Waals surface area contributed by atoms with Crippen LogP contribution in [0.3, 0.4) is 0 Å². The van der Waals surface area contributed by atoms with Crippen LogP contribution >= 0.6 is 23.2 Å². The van der Waals surface area contributed by atoms with Crippen molar-refractivity contribution in [3.63, 3.8) is 0 Å². The summed E-state index contributed by atoms with van der Waals surface area (Å²) in [5.41, 5.74) is 1.59. The van der Waals surface area contributed by atoms with E-state index in [-0.39, 0.29) is 5.97 Å². The lowest BCUT2D eigenvalue weighted by Gasteiger charge is -2.37. The molecule has 7 nitrogen and oxygen atoms in total. The minimum absolute atomic E-state index is 0.314. The van der Waals surface area contributed by atoms with Gasteiger partial charge in [0.2, 0.25) is 11.8 Å². The van der Waals surface area contributed by atoms with E-state index in [1.54, 1.807) is 18.2 Å². The fourth-order valence-electron chi connectivity index (χ4n) is 3.68. The number of esters is 1. The van der Waals surface area contributed by atoms with E-state index in [4.69, 9.17) is 32.4 Å².